The van der Waals surface area contributed by atoms with Gasteiger partial charge in [0.1, 0.15) is 5.70 Å². The van der Waals surface area contributed by atoms with Crippen molar-refractivity contribution < 1.29 is 19.5 Å². The molecule has 31 heavy (non-hydrogen) atoms. The number of carbonyl (C=O) groups excluding carboxylic acids is 3. The quantitative estimate of drug-likeness (QED) is 0.584. The second-order valence-electron chi connectivity index (χ2n) is 6.52. The second kappa shape index (κ2) is 10.4. The predicted octanol–water partition coefficient (Wildman–Crippen LogP) is 2.86. The minimum absolute atomic E-state index is 0.00719. The van der Waals surface area contributed by atoms with E-state index >= 15 is 0 Å². The third-order valence-electron chi connectivity index (χ3n) is 4.20. The molecular weight excluding hydrogens is 392 g/mol. The Morgan fingerprint density at radius 3 is 2.06 bits per heavy atom. The number of hydrogen-bond acceptors (Lipinski definition) is 4. The molecule has 0 saturated heterocycles. The highest BCUT2D eigenvalue weighted by atomic mass is 16.4. The van der Waals surface area contributed by atoms with Crippen molar-refractivity contribution >= 4 is 35.6 Å². The first-order valence-electron chi connectivity index (χ1n) is 9.45. The smallest absolute Gasteiger partial charge is 0.272 e. The molecule has 0 saturated carbocycles. The van der Waals surface area contributed by atoms with Gasteiger partial charge in [-0.1, -0.05) is 72.8 Å². The zero-order valence-electron chi connectivity index (χ0n) is 16.4. The van der Waals surface area contributed by atoms with Crippen molar-refractivity contribution in [2.45, 2.75) is 0 Å². The van der Waals surface area contributed by atoms with E-state index in [1.807, 2.05) is 48.5 Å². The molecule has 0 bridgehead atoms. The summed E-state index contributed by atoms with van der Waals surface area (Å²) < 4.78 is 0. The maximum atomic E-state index is 12.8. The van der Waals surface area contributed by atoms with E-state index in [1.165, 1.54) is 30.4 Å². The van der Waals surface area contributed by atoms with Crippen LogP contribution in [0.15, 0.2) is 96.7 Å². The summed E-state index contributed by atoms with van der Waals surface area (Å²) in [7, 11) is 0. The summed E-state index contributed by atoms with van der Waals surface area (Å²) in [6.07, 6.45) is 4.50. The third-order valence-corrected chi connectivity index (χ3v) is 4.20. The maximum Gasteiger partial charge on any atom is 0.272 e. The van der Waals surface area contributed by atoms with Crippen molar-refractivity contribution in [3.8, 4) is 0 Å². The number of aromatic carboxylic acids is 1. The molecule has 3 aromatic carbocycles. The van der Waals surface area contributed by atoms with Crippen LogP contribution in [0.5, 0.6) is 0 Å². The van der Waals surface area contributed by atoms with E-state index in [-0.39, 0.29) is 16.9 Å². The molecular formula is C25H19N2O4-. The molecule has 0 radical (unpaired) electrons. The van der Waals surface area contributed by atoms with Crippen molar-refractivity contribution in [1.29, 1.82) is 0 Å². The van der Waals surface area contributed by atoms with Crippen molar-refractivity contribution in [3.63, 3.8) is 0 Å². The van der Waals surface area contributed by atoms with Gasteiger partial charge in [0.2, 0.25) is 5.91 Å². The van der Waals surface area contributed by atoms with E-state index < -0.39 is 17.8 Å². The fourth-order valence-electron chi connectivity index (χ4n) is 2.71. The summed E-state index contributed by atoms with van der Waals surface area (Å²) in [5.41, 5.74) is 1.76. The molecule has 0 aliphatic rings. The molecule has 3 rings (SSSR count). The predicted molar refractivity (Wildman–Crippen MR) is 117 cm³/mol. The molecule has 6 heteroatoms. The van der Waals surface area contributed by atoms with Gasteiger partial charge in [0.25, 0.3) is 5.91 Å². The molecule has 0 atom stereocenters. The molecule has 0 aliphatic carbocycles. The SMILES string of the molecule is O=C(/C=C/c1ccccc1)N/C(=C/c1ccccc1)C(=O)Nc1cccc(C(=O)[O-])c1. The highest BCUT2D eigenvalue weighted by Crippen LogP contribution is 2.13. The summed E-state index contributed by atoms with van der Waals surface area (Å²) in [6, 6.07) is 24.0. The topological polar surface area (TPSA) is 98.3 Å². The van der Waals surface area contributed by atoms with E-state index in [2.05, 4.69) is 10.6 Å². The Kier molecular flexibility index (Phi) is 7.11. The first-order chi connectivity index (χ1) is 15.0. The van der Waals surface area contributed by atoms with Crippen LogP contribution in [-0.4, -0.2) is 17.8 Å². The number of carboxylic acid groups (broad SMARTS) is 1. The van der Waals surface area contributed by atoms with Gasteiger partial charge >= 0.3 is 0 Å². The average molecular weight is 411 g/mol. The third kappa shape index (κ3) is 6.54. The lowest BCUT2D eigenvalue weighted by molar-refractivity contribution is -0.255. The van der Waals surface area contributed by atoms with Crippen LogP contribution in [0.4, 0.5) is 5.69 Å². The number of hydrogen-bond donors (Lipinski definition) is 2. The van der Waals surface area contributed by atoms with Gasteiger partial charge in [0.05, 0.1) is 5.97 Å². The molecule has 2 amide bonds. The summed E-state index contributed by atoms with van der Waals surface area (Å²) in [4.78, 5) is 36.3. The van der Waals surface area contributed by atoms with Crippen molar-refractivity contribution in [2.24, 2.45) is 0 Å². The summed E-state index contributed by atoms with van der Waals surface area (Å²) in [5, 5.41) is 16.2. The van der Waals surface area contributed by atoms with Gasteiger partial charge in [0, 0.05) is 11.8 Å². The first-order valence-corrected chi connectivity index (χ1v) is 9.45. The molecule has 0 aromatic heterocycles. The summed E-state index contributed by atoms with van der Waals surface area (Å²) in [6.45, 7) is 0. The molecule has 0 heterocycles. The zero-order chi connectivity index (χ0) is 22.1. The Labute approximate surface area is 179 Å². The molecule has 0 unspecified atom stereocenters. The van der Waals surface area contributed by atoms with E-state index in [0.29, 0.717) is 5.56 Å². The Bertz CT molecular complexity index is 1140. The Balaban J connectivity index is 1.81. The fraction of sp³-hybridized carbons (Fsp3) is 0. The minimum Gasteiger partial charge on any atom is -0.545 e. The molecule has 154 valence electrons. The number of carboxylic acids is 1. The van der Waals surface area contributed by atoms with E-state index in [1.54, 1.807) is 24.3 Å². The lowest BCUT2D eigenvalue weighted by Gasteiger charge is -2.11. The average Bonchev–Trinajstić information content (AvgIpc) is 2.79. The molecule has 0 aliphatic heterocycles. The van der Waals surface area contributed by atoms with Crippen molar-refractivity contribution in [3.05, 3.63) is 113 Å². The standard InChI is InChI=1S/C25H20N2O4/c28-23(15-14-18-8-3-1-4-9-18)27-22(16-19-10-5-2-6-11-19)24(29)26-21-13-7-12-20(17-21)25(30)31/h1-17H,(H,26,29)(H,27,28)(H,30,31)/p-1/b15-14+,22-16+. The van der Waals surface area contributed by atoms with Crippen LogP contribution in [0.1, 0.15) is 21.5 Å². The molecule has 0 fully saturated rings. The molecule has 3 aromatic rings. The summed E-state index contributed by atoms with van der Waals surface area (Å²) >= 11 is 0. The van der Waals surface area contributed by atoms with E-state index in [0.717, 1.165) is 5.56 Å². The number of nitrogens with one attached hydrogen (secondary N) is 2. The highest BCUT2D eigenvalue weighted by Gasteiger charge is 2.13. The monoisotopic (exact) mass is 411 g/mol. The number of amides is 2. The van der Waals surface area contributed by atoms with Gasteiger partial charge in [-0.15, -0.1) is 0 Å². The van der Waals surface area contributed by atoms with Crippen LogP contribution in [0.2, 0.25) is 0 Å². The lowest BCUT2D eigenvalue weighted by atomic mass is 10.1. The fourth-order valence-corrected chi connectivity index (χ4v) is 2.71. The number of benzene rings is 3. The Morgan fingerprint density at radius 2 is 1.42 bits per heavy atom. The van der Waals surface area contributed by atoms with Crippen LogP contribution < -0.4 is 15.7 Å². The zero-order valence-corrected chi connectivity index (χ0v) is 16.4. The summed E-state index contributed by atoms with van der Waals surface area (Å²) in [5.74, 6) is -2.43. The van der Waals surface area contributed by atoms with Gasteiger partial charge in [-0.25, -0.2) is 0 Å². The van der Waals surface area contributed by atoms with Gasteiger partial charge in [-0.05, 0) is 41.0 Å². The largest absolute Gasteiger partial charge is 0.545 e. The molecule has 2 N–H and O–H groups in total. The van der Waals surface area contributed by atoms with Crippen LogP contribution in [0.25, 0.3) is 12.2 Å². The van der Waals surface area contributed by atoms with E-state index in [9.17, 15) is 19.5 Å². The van der Waals surface area contributed by atoms with Gasteiger partial charge in [-0.2, -0.15) is 0 Å². The highest BCUT2D eigenvalue weighted by molar-refractivity contribution is 6.10. The Hall–Kier alpha value is -4.45. The van der Waals surface area contributed by atoms with Gasteiger partial charge in [0.15, 0.2) is 0 Å². The number of rotatable bonds is 7. The second-order valence-corrected chi connectivity index (χ2v) is 6.52. The van der Waals surface area contributed by atoms with Crippen LogP contribution in [0.3, 0.4) is 0 Å². The molecule has 6 nitrogen and oxygen atoms in total. The minimum atomic E-state index is -1.35. The van der Waals surface area contributed by atoms with Crippen molar-refractivity contribution in [2.75, 3.05) is 5.32 Å². The Morgan fingerprint density at radius 1 is 0.774 bits per heavy atom. The van der Waals surface area contributed by atoms with Crippen LogP contribution >= 0.6 is 0 Å². The van der Waals surface area contributed by atoms with Crippen molar-refractivity contribution in [1.82, 2.24) is 5.32 Å². The first kappa shape index (κ1) is 21.3. The van der Waals surface area contributed by atoms with Crippen LogP contribution in [-0.2, 0) is 9.59 Å². The molecule has 0 spiro atoms. The van der Waals surface area contributed by atoms with Gasteiger partial charge in [-0.3, -0.25) is 9.59 Å². The lowest BCUT2D eigenvalue weighted by Crippen LogP contribution is -2.29. The number of anilines is 1. The maximum absolute atomic E-state index is 12.8. The van der Waals surface area contributed by atoms with Crippen LogP contribution in [0, 0.1) is 0 Å². The van der Waals surface area contributed by atoms with E-state index in [4.69, 9.17) is 0 Å². The van der Waals surface area contributed by atoms with Gasteiger partial charge < -0.3 is 20.5 Å². The number of carbonyl (C=O) groups is 3. The normalized spacial score (nSPS) is 11.2.